The molecule has 0 saturated carbocycles. The van der Waals surface area contributed by atoms with Gasteiger partial charge in [-0.1, -0.05) is 19.1 Å². The molecule has 21 heavy (non-hydrogen) atoms. The SMILES string of the molecule is CCCOc1cccc(CNC(C)CN2CCOCC2)c1. The van der Waals surface area contributed by atoms with Crippen LogP contribution in [0.15, 0.2) is 24.3 Å². The fraction of sp³-hybridized carbons (Fsp3) is 0.647. The second kappa shape index (κ2) is 9.03. The Bertz CT molecular complexity index is 406. The number of nitrogens with one attached hydrogen (secondary N) is 1. The average Bonchev–Trinajstić information content (AvgIpc) is 2.52. The van der Waals surface area contributed by atoms with Crippen molar-refractivity contribution in [2.45, 2.75) is 32.9 Å². The summed E-state index contributed by atoms with van der Waals surface area (Å²) in [5.41, 5.74) is 1.28. The molecule has 1 heterocycles. The van der Waals surface area contributed by atoms with Crippen LogP contribution in [0.5, 0.6) is 5.75 Å². The molecule has 1 saturated heterocycles. The number of nitrogens with zero attached hydrogens (tertiary/aromatic N) is 1. The quantitative estimate of drug-likeness (QED) is 0.797. The molecule has 0 radical (unpaired) electrons. The van der Waals surface area contributed by atoms with Crippen LogP contribution < -0.4 is 10.1 Å². The van der Waals surface area contributed by atoms with E-state index >= 15 is 0 Å². The van der Waals surface area contributed by atoms with Gasteiger partial charge in [-0.15, -0.1) is 0 Å². The molecule has 118 valence electrons. The van der Waals surface area contributed by atoms with Crippen molar-refractivity contribution in [3.05, 3.63) is 29.8 Å². The topological polar surface area (TPSA) is 33.7 Å². The summed E-state index contributed by atoms with van der Waals surface area (Å²) in [4.78, 5) is 2.46. The van der Waals surface area contributed by atoms with Crippen LogP contribution in [0, 0.1) is 0 Å². The first-order valence-electron chi connectivity index (χ1n) is 8.03. The number of rotatable bonds is 8. The summed E-state index contributed by atoms with van der Waals surface area (Å²) in [7, 11) is 0. The van der Waals surface area contributed by atoms with E-state index in [1.165, 1.54) is 5.56 Å². The fourth-order valence-corrected chi connectivity index (χ4v) is 2.49. The fourth-order valence-electron chi connectivity index (χ4n) is 2.49. The first kappa shape index (κ1) is 16.3. The molecule has 0 bridgehead atoms. The van der Waals surface area contributed by atoms with Gasteiger partial charge in [-0.2, -0.15) is 0 Å². The van der Waals surface area contributed by atoms with Crippen molar-refractivity contribution in [3.63, 3.8) is 0 Å². The standard InChI is InChI=1S/C17H28N2O2/c1-3-9-21-17-6-4-5-16(12-17)13-18-15(2)14-19-7-10-20-11-8-19/h4-6,12,15,18H,3,7-11,13-14H2,1-2H3. The minimum absolute atomic E-state index is 0.475. The van der Waals surface area contributed by atoms with Crippen LogP contribution in [0.1, 0.15) is 25.8 Å². The molecule has 2 rings (SSSR count). The lowest BCUT2D eigenvalue weighted by molar-refractivity contribution is 0.0343. The third-order valence-corrected chi connectivity index (χ3v) is 3.66. The smallest absolute Gasteiger partial charge is 0.119 e. The molecule has 0 aromatic heterocycles. The minimum Gasteiger partial charge on any atom is -0.494 e. The van der Waals surface area contributed by atoms with Crippen molar-refractivity contribution < 1.29 is 9.47 Å². The molecule has 1 aliphatic rings. The van der Waals surface area contributed by atoms with Crippen molar-refractivity contribution in [2.75, 3.05) is 39.5 Å². The third kappa shape index (κ3) is 6.04. The predicted molar refractivity (Wildman–Crippen MR) is 85.8 cm³/mol. The van der Waals surface area contributed by atoms with Crippen molar-refractivity contribution >= 4 is 0 Å². The lowest BCUT2D eigenvalue weighted by Gasteiger charge is -2.29. The van der Waals surface area contributed by atoms with Gasteiger partial charge in [0.05, 0.1) is 19.8 Å². The maximum Gasteiger partial charge on any atom is 0.119 e. The Kier molecular flexibility index (Phi) is 7.00. The van der Waals surface area contributed by atoms with Gasteiger partial charge in [-0.25, -0.2) is 0 Å². The van der Waals surface area contributed by atoms with Crippen molar-refractivity contribution in [3.8, 4) is 5.75 Å². The molecule has 1 unspecified atom stereocenters. The molecule has 0 aliphatic carbocycles. The van der Waals surface area contributed by atoms with E-state index in [0.29, 0.717) is 6.04 Å². The molecule has 4 heteroatoms. The van der Waals surface area contributed by atoms with Gasteiger partial charge >= 0.3 is 0 Å². The van der Waals surface area contributed by atoms with Crippen LogP contribution in [-0.4, -0.2) is 50.4 Å². The van der Waals surface area contributed by atoms with E-state index < -0.39 is 0 Å². The van der Waals surface area contributed by atoms with Crippen LogP contribution in [0.3, 0.4) is 0 Å². The zero-order valence-corrected chi connectivity index (χ0v) is 13.3. The Morgan fingerprint density at radius 3 is 2.90 bits per heavy atom. The zero-order chi connectivity index (χ0) is 14.9. The molecule has 1 N–H and O–H groups in total. The largest absolute Gasteiger partial charge is 0.494 e. The van der Waals surface area contributed by atoms with Gasteiger partial charge in [0.25, 0.3) is 0 Å². The monoisotopic (exact) mass is 292 g/mol. The van der Waals surface area contributed by atoms with Crippen LogP contribution in [-0.2, 0) is 11.3 Å². The maximum absolute atomic E-state index is 5.67. The Hall–Kier alpha value is -1.10. The highest BCUT2D eigenvalue weighted by Crippen LogP contribution is 2.13. The number of hydrogen-bond acceptors (Lipinski definition) is 4. The van der Waals surface area contributed by atoms with Gasteiger partial charge < -0.3 is 14.8 Å². The molecule has 0 amide bonds. The molecule has 1 aliphatic heterocycles. The van der Waals surface area contributed by atoms with Gasteiger partial charge in [0.2, 0.25) is 0 Å². The summed E-state index contributed by atoms with van der Waals surface area (Å²) in [6.07, 6.45) is 1.04. The van der Waals surface area contributed by atoms with Crippen molar-refractivity contribution in [1.82, 2.24) is 10.2 Å². The lowest BCUT2D eigenvalue weighted by atomic mass is 10.2. The van der Waals surface area contributed by atoms with E-state index in [1.807, 2.05) is 6.07 Å². The number of hydrogen-bond donors (Lipinski definition) is 1. The van der Waals surface area contributed by atoms with Gasteiger partial charge in [-0.05, 0) is 31.0 Å². The summed E-state index contributed by atoms with van der Waals surface area (Å²) in [5, 5.41) is 3.59. The summed E-state index contributed by atoms with van der Waals surface area (Å²) < 4.78 is 11.1. The van der Waals surface area contributed by atoms with Crippen LogP contribution in [0.4, 0.5) is 0 Å². The van der Waals surface area contributed by atoms with Crippen molar-refractivity contribution in [1.29, 1.82) is 0 Å². The molecule has 1 atom stereocenters. The van der Waals surface area contributed by atoms with Crippen LogP contribution in [0.2, 0.25) is 0 Å². The molecule has 0 spiro atoms. The summed E-state index contributed by atoms with van der Waals surface area (Å²) >= 11 is 0. The Balaban J connectivity index is 1.73. The number of benzene rings is 1. The Morgan fingerprint density at radius 1 is 1.33 bits per heavy atom. The second-order valence-corrected chi connectivity index (χ2v) is 5.69. The van der Waals surface area contributed by atoms with Crippen LogP contribution >= 0.6 is 0 Å². The Labute approximate surface area is 128 Å². The maximum atomic E-state index is 5.67. The second-order valence-electron chi connectivity index (χ2n) is 5.69. The van der Waals surface area contributed by atoms with E-state index in [4.69, 9.17) is 9.47 Å². The van der Waals surface area contributed by atoms with E-state index in [0.717, 1.165) is 58.2 Å². The normalized spacial score (nSPS) is 17.6. The first-order valence-corrected chi connectivity index (χ1v) is 8.03. The zero-order valence-electron chi connectivity index (χ0n) is 13.3. The van der Waals surface area contributed by atoms with E-state index in [1.54, 1.807) is 0 Å². The highest BCUT2D eigenvalue weighted by atomic mass is 16.5. The highest BCUT2D eigenvalue weighted by Gasteiger charge is 2.13. The van der Waals surface area contributed by atoms with Crippen molar-refractivity contribution in [2.24, 2.45) is 0 Å². The van der Waals surface area contributed by atoms with Gasteiger partial charge in [0.1, 0.15) is 5.75 Å². The van der Waals surface area contributed by atoms with E-state index in [2.05, 4.69) is 42.3 Å². The molecule has 1 aromatic carbocycles. The average molecular weight is 292 g/mol. The lowest BCUT2D eigenvalue weighted by Crippen LogP contribution is -2.44. The summed E-state index contributed by atoms with van der Waals surface area (Å²) in [6, 6.07) is 8.84. The van der Waals surface area contributed by atoms with Gasteiger partial charge in [0, 0.05) is 32.2 Å². The number of morpholine rings is 1. The molecule has 4 nitrogen and oxygen atoms in total. The highest BCUT2D eigenvalue weighted by molar-refractivity contribution is 5.28. The molecule has 1 aromatic rings. The van der Waals surface area contributed by atoms with E-state index in [-0.39, 0.29) is 0 Å². The Morgan fingerprint density at radius 2 is 2.14 bits per heavy atom. The van der Waals surface area contributed by atoms with Gasteiger partial charge in [-0.3, -0.25) is 4.90 Å². The molecular formula is C17H28N2O2. The van der Waals surface area contributed by atoms with Crippen LogP contribution in [0.25, 0.3) is 0 Å². The first-order chi connectivity index (χ1) is 10.3. The minimum atomic E-state index is 0.475. The summed E-state index contributed by atoms with van der Waals surface area (Å²) in [6.45, 7) is 10.9. The van der Waals surface area contributed by atoms with Gasteiger partial charge in [0.15, 0.2) is 0 Å². The molecule has 1 fully saturated rings. The van der Waals surface area contributed by atoms with E-state index in [9.17, 15) is 0 Å². The molecular weight excluding hydrogens is 264 g/mol. The third-order valence-electron chi connectivity index (χ3n) is 3.66. The number of ether oxygens (including phenoxy) is 2. The summed E-state index contributed by atoms with van der Waals surface area (Å²) in [5.74, 6) is 0.969. The predicted octanol–water partition coefficient (Wildman–Crippen LogP) is 2.29.